The molecule has 7 heteroatoms. The highest BCUT2D eigenvalue weighted by Gasteiger charge is 2.11. The number of fused-ring (bicyclic) bond motifs is 3. The van der Waals surface area contributed by atoms with Crippen LogP contribution < -0.4 is 11.2 Å². The predicted molar refractivity (Wildman–Crippen MR) is 138 cm³/mol. The standard InChI is InChI=1S/C25H27Br2N3O2/c26-18-8-10-22-20(16-18)21-17-19(27)9-11-23(21)30(22)14-7-5-3-1-2-4-6-13-29-15-12-24(31)28-25(29)32/h8-12,15-17H,1-7,13-14H2,(H,28,31,32). The van der Waals surface area contributed by atoms with Gasteiger partial charge in [-0.15, -0.1) is 0 Å². The Morgan fingerprint density at radius 3 is 1.78 bits per heavy atom. The third-order valence-corrected chi connectivity index (χ3v) is 6.95. The number of aryl methyl sites for hydroxylation is 2. The number of nitrogens with one attached hydrogen (secondary N) is 1. The molecule has 0 aliphatic heterocycles. The number of unbranched alkanes of at least 4 members (excludes halogenated alkanes) is 6. The Kier molecular flexibility index (Phi) is 7.68. The second-order valence-corrected chi connectivity index (χ2v) is 10.1. The van der Waals surface area contributed by atoms with Crippen molar-refractivity contribution in [1.82, 2.24) is 14.1 Å². The van der Waals surface area contributed by atoms with E-state index >= 15 is 0 Å². The average Bonchev–Trinajstić information content (AvgIpc) is 3.06. The van der Waals surface area contributed by atoms with Gasteiger partial charge in [0.05, 0.1) is 0 Å². The molecule has 0 amide bonds. The molecule has 0 spiro atoms. The molecule has 0 saturated heterocycles. The molecule has 0 radical (unpaired) electrons. The molecule has 0 aliphatic rings. The average molecular weight is 561 g/mol. The topological polar surface area (TPSA) is 59.8 Å². The van der Waals surface area contributed by atoms with E-state index in [1.165, 1.54) is 53.6 Å². The molecule has 1 N–H and O–H groups in total. The van der Waals surface area contributed by atoms with E-state index in [4.69, 9.17) is 0 Å². The summed E-state index contributed by atoms with van der Waals surface area (Å²) in [7, 11) is 0. The van der Waals surface area contributed by atoms with Crippen LogP contribution in [0.3, 0.4) is 0 Å². The molecule has 32 heavy (non-hydrogen) atoms. The highest BCUT2D eigenvalue weighted by Crippen LogP contribution is 2.33. The number of aromatic amines is 1. The normalized spacial score (nSPS) is 11.6. The summed E-state index contributed by atoms with van der Waals surface area (Å²) in [6, 6.07) is 14.5. The van der Waals surface area contributed by atoms with Crippen molar-refractivity contribution in [2.75, 3.05) is 0 Å². The quantitative estimate of drug-likeness (QED) is 0.222. The summed E-state index contributed by atoms with van der Waals surface area (Å²) in [6.45, 7) is 1.69. The van der Waals surface area contributed by atoms with Crippen molar-refractivity contribution in [1.29, 1.82) is 0 Å². The van der Waals surface area contributed by atoms with Gasteiger partial charge in [0, 0.05) is 56.1 Å². The summed E-state index contributed by atoms with van der Waals surface area (Å²) in [5.74, 6) is 0. The molecular formula is C25H27Br2N3O2. The summed E-state index contributed by atoms with van der Waals surface area (Å²) in [5.41, 5.74) is 1.92. The second kappa shape index (κ2) is 10.7. The Labute approximate surface area is 203 Å². The Morgan fingerprint density at radius 1 is 0.688 bits per heavy atom. The molecule has 5 nitrogen and oxygen atoms in total. The summed E-state index contributed by atoms with van der Waals surface area (Å²) < 4.78 is 6.24. The minimum atomic E-state index is -0.340. The first-order valence-electron chi connectivity index (χ1n) is 11.2. The maximum absolute atomic E-state index is 11.7. The molecule has 168 valence electrons. The Bertz CT molecular complexity index is 1280. The summed E-state index contributed by atoms with van der Waals surface area (Å²) in [6.07, 6.45) is 9.63. The van der Waals surface area contributed by atoms with Crippen molar-refractivity contribution in [2.45, 2.75) is 58.0 Å². The lowest BCUT2D eigenvalue weighted by Gasteiger charge is -2.08. The third kappa shape index (κ3) is 5.44. The van der Waals surface area contributed by atoms with E-state index in [2.05, 4.69) is 77.8 Å². The van der Waals surface area contributed by atoms with Crippen LogP contribution in [0, 0.1) is 0 Å². The van der Waals surface area contributed by atoms with Crippen LogP contribution in [-0.4, -0.2) is 14.1 Å². The largest absolute Gasteiger partial charge is 0.340 e. The maximum atomic E-state index is 11.7. The van der Waals surface area contributed by atoms with Crippen molar-refractivity contribution >= 4 is 53.7 Å². The molecule has 2 heterocycles. The van der Waals surface area contributed by atoms with Gasteiger partial charge in [0.25, 0.3) is 5.56 Å². The number of rotatable bonds is 10. The van der Waals surface area contributed by atoms with Crippen molar-refractivity contribution in [3.63, 3.8) is 0 Å². The number of nitrogens with zero attached hydrogens (tertiary/aromatic N) is 2. The monoisotopic (exact) mass is 559 g/mol. The van der Waals surface area contributed by atoms with Crippen LogP contribution in [0.1, 0.15) is 44.9 Å². The zero-order chi connectivity index (χ0) is 22.5. The van der Waals surface area contributed by atoms with Crippen molar-refractivity contribution in [3.05, 3.63) is 78.4 Å². The predicted octanol–water partition coefficient (Wildman–Crippen LogP) is 6.60. The van der Waals surface area contributed by atoms with Crippen LogP contribution in [0.5, 0.6) is 0 Å². The van der Waals surface area contributed by atoms with Gasteiger partial charge >= 0.3 is 5.69 Å². The first-order valence-corrected chi connectivity index (χ1v) is 12.8. The molecule has 0 saturated carbocycles. The van der Waals surface area contributed by atoms with E-state index in [0.717, 1.165) is 34.8 Å². The van der Waals surface area contributed by atoms with Gasteiger partial charge in [-0.3, -0.25) is 9.78 Å². The van der Waals surface area contributed by atoms with Crippen molar-refractivity contribution in [3.8, 4) is 0 Å². The Morgan fingerprint density at radius 2 is 1.22 bits per heavy atom. The number of benzene rings is 2. The molecular weight excluding hydrogens is 534 g/mol. The second-order valence-electron chi connectivity index (χ2n) is 8.25. The van der Waals surface area contributed by atoms with Crippen molar-refractivity contribution in [2.24, 2.45) is 0 Å². The fourth-order valence-corrected chi connectivity index (χ4v) is 5.07. The Balaban J connectivity index is 1.23. The minimum Gasteiger partial charge on any atom is -0.340 e. The number of halogens is 2. The van der Waals surface area contributed by atoms with Gasteiger partial charge in [-0.05, 0) is 49.2 Å². The summed E-state index contributed by atoms with van der Waals surface area (Å²) in [5, 5.41) is 2.58. The first kappa shape index (κ1) is 23.1. The molecule has 0 unspecified atom stereocenters. The van der Waals surface area contributed by atoms with E-state index in [1.807, 2.05) is 0 Å². The lowest BCUT2D eigenvalue weighted by molar-refractivity contribution is 0.525. The van der Waals surface area contributed by atoms with Crippen LogP contribution >= 0.6 is 31.9 Å². The van der Waals surface area contributed by atoms with E-state index in [9.17, 15) is 9.59 Å². The van der Waals surface area contributed by atoms with E-state index < -0.39 is 0 Å². The number of H-pyrrole nitrogens is 1. The first-order chi connectivity index (χ1) is 15.5. The zero-order valence-electron chi connectivity index (χ0n) is 17.9. The van der Waals surface area contributed by atoms with Crippen LogP contribution in [0.25, 0.3) is 21.8 Å². The van der Waals surface area contributed by atoms with Gasteiger partial charge in [-0.1, -0.05) is 64.0 Å². The lowest BCUT2D eigenvalue weighted by atomic mass is 10.1. The van der Waals surface area contributed by atoms with Crippen molar-refractivity contribution < 1.29 is 0 Å². The van der Waals surface area contributed by atoms with Crippen LogP contribution in [0.15, 0.2) is 67.2 Å². The highest BCUT2D eigenvalue weighted by atomic mass is 79.9. The van der Waals surface area contributed by atoms with Gasteiger partial charge < -0.3 is 9.13 Å². The van der Waals surface area contributed by atoms with Crippen LogP contribution in [0.2, 0.25) is 0 Å². The minimum absolute atomic E-state index is 0.317. The summed E-state index contributed by atoms with van der Waals surface area (Å²) >= 11 is 7.23. The van der Waals surface area contributed by atoms with Gasteiger partial charge in [-0.25, -0.2) is 4.79 Å². The van der Waals surface area contributed by atoms with E-state index in [-0.39, 0.29) is 11.2 Å². The van der Waals surface area contributed by atoms with Gasteiger partial charge in [0.2, 0.25) is 0 Å². The molecule has 4 rings (SSSR count). The number of hydrogen-bond donors (Lipinski definition) is 1. The van der Waals surface area contributed by atoms with E-state index in [1.54, 1.807) is 10.8 Å². The summed E-state index contributed by atoms with van der Waals surface area (Å²) in [4.78, 5) is 25.1. The molecule has 2 aromatic carbocycles. The Hall–Kier alpha value is -2.12. The van der Waals surface area contributed by atoms with Gasteiger partial charge in [0.15, 0.2) is 0 Å². The fraction of sp³-hybridized carbons (Fsp3) is 0.360. The van der Waals surface area contributed by atoms with Gasteiger partial charge in [0.1, 0.15) is 0 Å². The van der Waals surface area contributed by atoms with Gasteiger partial charge in [-0.2, -0.15) is 0 Å². The zero-order valence-corrected chi connectivity index (χ0v) is 21.1. The van der Waals surface area contributed by atoms with Crippen LogP contribution in [-0.2, 0) is 13.1 Å². The SMILES string of the molecule is O=c1ccn(CCCCCCCCCn2c3ccc(Br)cc3c3cc(Br)ccc32)c(=O)[nH]1. The molecule has 0 fully saturated rings. The molecule has 2 aromatic heterocycles. The number of hydrogen-bond acceptors (Lipinski definition) is 2. The van der Waals surface area contributed by atoms with Crippen LogP contribution in [0.4, 0.5) is 0 Å². The molecule has 0 aliphatic carbocycles. The molecule has 0 atom stereocenters. The molecule has 0 bridgehead atoms. The van der Waals surface area contributed by atoms with E-state index in [0.29, 0.717) is 6.54 Å². The highest BCUT2D eigenvalue weighted by molar-refractivity contribution is 9.10. The molecule has 4 aromatic rings. The third-order valence-electron chi connectivity index (χ3n) is 5.97. The smallest absolute Gasteiger partial charge is 0.328 e. The maximum Gasteiger partial charge on any atom is 0.328 e. The lowest BCUT2D eigenvalue weighted by Crippen LogP contribution is -2.28. The fourth-order valence-electron chi connectivity index (χ4n) is 4.35. The number of aromatic nitrogens is 3.